The van der Waals surface area contributed by atoms with E-state index in [0.717, 1.165) is 0 Å². The number of hydrogen-bond acceptors (Lipinski definition) is 6. The fraction of sp³-hybridized carbons (Fsp3) is 1.00. The van der Waals surface area contributed by atoms with Gasteiger partial charge in [0.05, 0.1) is 12.7 Å². The molecule has 15 heavy (non-hydrogen) atoms. The van der Waals surface area contributed by atoms with Gasteiger partial charge in [-0.15, -0.1) is 0 Å². The van der Waals surface area contributed by atoms with E-state index in [-0.39, 0.29) is 6.61 Å². The first-order chi connectivity index (χ1) is 6.27. The lowest BCUT2D eigenvalue weighted by molar-refractivity contribution is 0.110. The summed E-state index contributed by atoms with van der Waals surface area (Å²) in [5.41, 5.74) is 0. The van der Waals surface area contributed by atoms with Crippen LogP contribution in [0, 0.1) is 0 Å². The standard InChI is InChI=1S/C3H8O2.2H2O4S/c1-3(5)2-4;2*1-5(2,3)4/h3-5H,2H2,1H3;2*(H2,1,2,3,4). The highest BCUT2D eigenvalue weighted by Crippen LogP contribution is 1.68. The number of rotatable bonds is 1. The van der Waals surface area contributed by atoms with E-state index in [1.165, 1.54) is 6.92 Å². The summed E-state index contributed by atoms with van der Waals surface area (Å²) in [5.74, 6) is 0. The normalized spacial score (nSPS) is 12.7. The minimum atomic E-state index is -4.67. The predicted molar refractivity (Wildman–Crippen MR) is 47.1 cm³/mol. The van der Waals surface area contributed by atoms with Crippen molar-refractivity contribution in [2.75, 3.05) is 6.61 Å². The molecule has 0 aliphatic rings. The van der Waals surface area contributed by atoms with Crippen LogP contribution in [0.15, 0.2) is 0 Å². The third kappa shape index (κ3) is 674. The Morgan fingerprint density at radius 2 is 1.00 bits per heavy atom. The molecule has 0 radical (unpaired) electrons. The number of hydrogen-bond donors (Lipinski definition) is 6. The smallest absolute Gasteiger partial charge is 0.394 e. The van der Waals surface area contributed by atoms with Crippen LogP contribution in [-0.4, -0.2) is 58.0 Å². The van der Waals surface area contributed by atoms with Crippen molar-refractivity contribution >= 4 is 20.8 Å². The molecule has 0 spiro atoms. The summed E-state index contributed by atoms with van der Waals surface area (Å²) < 4.78 is 63.2. The zero-order valence-electron chi connectivity index (χ0n) is 7.42. The minimum Gasteiger partial charge on any atom is -0.394 e. The number of aliphatic hydroxyl groups excluding tert-OH is 2. The Labute approximate surface area is 86.3 Å². The molecule has 0 amide bonds. The largest absolute Gasteiger partial charge is 0.394 e. The van der Waals surface area contributed by atoms with E-state index >= 15 is 0 Å². The van der Waals surface area contributed by atoms with Crippen molar-refractivity contribution in [3.8, 4) is 0 Å². The molecule has 0 aromatic carbocycles. The SMILES string of the molecule is CC(O)CO.O=S(=O)(O)O.O=S(=O)(O)O. The Morgan fingerprint density at radius 1 is 0.933 bits per heavy atom. The molecule has 0 aliphatic heterocycles. The summed E-state index contributed by atoms with van der Waals surface area (Å²) in [7, 11) is -9.33. The maximum Gasteiger partial charge on any atom is 0.394 e. The van der Waals surface area contributed by atoms with Crippen LogP contribution < -0.4 is 0 Å². The molecule has 0 saturated carbocycles. The Hall–Kier alpha value is -0.340. The van der Waals surface area contributed by atoms with Gasteiger partial charge in [0.15, 0.2) is 0 Å². The van der Waals surface area contributed by atoms with Gasteiger partial charge in [-0.2, -0.15) is 16.8 Å². The van der Waals surface area contributed by atoms with Crippen molar-refractivity contribution in [1.29, 1.82) is 0 Å². The van der Waals surface area contributed by atoms with Gasteiger partial charge < -0.3 is 10.2 Å². The van der Waals surface area contributed by atoms with Crippen LogP contribution in [0.2, 0.25) is 0 Å². The van der Waals surface area contributed by atoms with Gasteiger partial charge in [-0.3, -0.25) is 18.2 Å². The maximum atomic E-state index is 8.74. The molecule has 0 aromatic heterocycles. The lowest BCUT2D eigenvalue weighted by Crippen LogP contribution is -2.03. The maximum absolute atomic E-state index is 8.74. The lowest BCUT2D eigenvalue weighted by atomic mass is 10.5. The molecule has 0 rings (SSSR count). The fourth-order valence-electron chi connectivity index (χ4n) is 0. The third-order valence-corrected chi connectivity index (χ3v) is 0.264. The molecule has 0 bridgehead atoms. The van der Waals surface area contributed by atoms with E-state index in [1.807, 2.05) is 0 Å². The van der Waals surface area contributed by atoms with Gasteiger partial charge in [0.25, 0.3) is 0 Å². The molecule has 0 heterocycles. The Bertz CT molecular complexity index is 265. The van der Waals surface area contributed by atoms with Crippen LogP contribution in [0.5, 0.6) is 0 Å². The summed E-state index contributed by atoms with van der Waals surface area (Å²) in [6.07, 6.45) is -0.560. The summed E-state index contributed by atoms with van der Waals surface area (Å²) in [6.45, 7) is 1.39. The highest BCUT2D eigenvalue weighted by molar-refractivity contribution is 7.80. The topological polar surface area (TPSA) is 190 Å². The van der Waals surface area contributed by atoms with Gasteiger partial charge >= 0.3 is 20.8 Å². The van der Waals surface area contributed by atoms with Crippen LogP contribution in [-0.2, 0) is 20.8 Å². The molecule has 10 nitrogen and oxygen atoms in total. The Kier molecular flexibility index (Phi) is 12.0. The quantitative estimate of drug-likeness (QED) is 0.292. The number of aliphatic hydroxyl groups is 2. The molecule has 0 saturated heterocycles. The molecule has 6 N–H and O–H groups in total. The van der Waals surface area contributed by atoms with Crippen LogP contribution in [0.4, 0.5) is 0 Å². The van der Waals surface area contributed by atoms with Crippen LogP contribution in [0.25, 0.3) is 0 Å². The molecular formula is C3H12O10S2. The highest BCUT2D eigenvalue weighted by Gasteiger charge is 1.85. The summed E-state index contributed by atoms with van der Waals surface area (Å²) in [6, 6.07) is 0. The van der Waals surface area contributed by atoms with Gasteiger partial charge in [0, 0.05) is 0 Å². The van der Waals surface area contributed by atoms with E-state index in [4.69, 9.17) is 45.3 Å². The summed E-state index contributed by atoms with van der Waals surface area (Å²) >= 11 is 0. The molecule has 12 heteroatoms. The first-order valence-corrected chi connectivity index (χ1v) is 5.75. The molecule has 0 aromatic rings. The molecule has 1 unspecified atom stereocenters. The monoisotopic (exact) mass is 272 g/mol. The zero-order chi connectivity index (χ0) is 13.3. The summed E-state index contributed by atoms with van der Waals surface area (Å²) in [4.78, 5) is 0. The second-order valence-electron chi connectivity index (χ2n) is 1.93. The van der Waals surface area contributed by atoms with Crippen molar-refractivity contribution < 1.29 is 45.3 Å². The highest BCUT2D eigenvalue weighted by atomic mass is 32.3. The van der Waals surface area contributed by atoms with Crippen molar-refractivity contribution in [3.05, 3.63) is 0 Å². The van der Waals surface area contributed by atoms with E-state index in [1.54, 1.807) is 0 Å². The van der Waals surface area contributed by atoms with Gasteiger partial charge in [-0.1, -0.05) is 0 Å². The van der Waals surface area contributed by atoms with Crippen molar-refractivity contribution in [2.24, 2.45) is 0 Å². The van der Waals surface area contributed by atoms with Crippen molar-refractivity contribution in [2.45, 2.75) is 13.0 Å². The molecule has 0 fully saturated rings. The summed E-state index contributed by atoms with van der Waals surface area (Å²) in [5, 5.41) is 16.0. The van der Waals surface area contributed by atoms with Gasteiger partial charge in [-0.05, 0) is 6.92 Å². The van der Waals surface area contributed by atoms with Gasteiger partial charge in [0.2, 0.25) is 0 Å². The van der Waals surface area contributed by atoms with E-state index in [2.05, 4.69) is 0 Å². The third-order valence-electron chi connectivity index (χ3n) is 0.264. The van der Waals surface area contributed by atoms with E-state index in [9.17, 15) is 0 Å². The molecule has 96 valence electrons. The van der Waals surface area contributed by atoms with Crippen molar-refractivity contribution in [3.63, 3.8) is 0 Å². The van der Waals surface area contributed by atoms with Gasteiger partial charge in [0.1, 0.15) is 0 Å². The molecule has 1 atom stereocenters. The van der Waals surface area contributed by atoms with E-state index < -0.39 is 26.9 Å². The minimum absolute atomic E-state index is 0.139. The molecule has 0 aliphatic carbocycles. The lowest BCUT2D eigenvalue weighted by Gasteiger charge is -1.90. The second kappa shape index (κ2) is 8.93. The Balaban J connectivity index is -0.000000144. The molecular weight excluding hydrogens is 260 g/mol. The predicted octanol–water partition coefficient (Wildman–Crippen LogP) is -1.95. The van der Waals surface area contributed by atoms with Crippen LogP contribution >= 0.6 is 0 Å². The first kappa shape index (κ1) is 20.1. The average molecular weight is 272 g/mol. The van der Waals surface area contributed by atoms with Gasteiger partial charge in [-0.25, -0.2) is 0 Å². The van der Waals surface area contributed by atoms with Crippen molar-refractivity contribution in [1.82, 2.24) is 0 Å². The van der Waals surface area contributed by atoms with Crippen LogP contribution in [0.3, 0.4) is 0 Å². The van der Waals surface area contributed by atoms with Crippen LogP contribution in [0.1, 0.15) is 6.92 Å². The fourth-order valence-corrected chi connectivity index (χ4v) is 0. The van der Waals surface area contributed by atoms with E-state index in [0.29, 0.717) is 0 Å². The zero-order valence-corrected chi connectivity index (χ0v) is 9.05. The Morgan fingerprint density at radius 3 is 1.00 bits per heavy atom. The second-order valence-corrected chi connectivity index (χ2v) is 3.72. The first-order valence-electron chi connectivity index (χ1n) is 2.96. The average Bonchev–Trinajstić information content (AvgIpc) is 1.79.